The van der Waals surface area contributed by atoms with Crippen LogP contribution in [0.1, 0.15) is 55.5 Å². The third kappa shape index (κ3) is 5.02. The van der Waals surface area contributed by atoms with Crippen molar-refractivity contribution in [3.05, 3.63) is 92.9 Å². The predicted octanol–water partition coefficient (Wildman–Crippen LogP) is 6.50. The van der Waals surface area contributed by atoms with E-state index < -0.39 is 17.4 Å². The first-order valence-corrected chi connectivity index (χ1v) is 15.8. The van der Waals surface area contributed by atoms with E-state index in [9.17, 15) is 14.4 Å². The van der Waals surface area contributed by atoms with Crippen LogP contribution in [-0.2, 0) is 18.9 Å². The van der Waals surface area contributed by atoms with Crippen molar-refractivity contribution in [3.8, 4) is 29.0 Å². The van der Waals surface area contributed by atoms with Crippen molar-refractivity contribution in [2.75, 3.05) is 13.1 Å². The second-order valence-corrected chi connectivity index (χ2v) is 13.1. The fourth-order valence-electron chi connectivity index (χ4n) is 6.78. The number of nitrogens with zero attached hydrogens (tertiary/aromatic N) is 5. The van der Waals surface area contributed by atoms with Gasteiger partial charge in [-0.25, -0.2) is 14.2 Å². The number of para-hydroxylation sites is 1. The minimum absolute atomic E-state index is 0.242. The number of hydrogen-bond acceptors (Lipinski definition) is 8. The molecule has 1 saturated heterocycles. The van der Waals surface area contributed by atoms with Crippen LogP contribution in [0.2, 0.25) is 5.02 Å². The topological polar surface area (TPSA) is 122 Å². The number of aromatic amines is 1. The predicted molar refractivity (Wildman–Crippen MR) is 167 cm³/mol. The summed E-state index contributed by atoms with van der Waals surface area (Å²) in [7, 11) is 0. The summed E-state index contributed by atoms with van der Waals surface area (Å²) in [5.41, 5.74) is 3.42. The Bertz CT molecular complexity index is 2090. The quantitative estimate of drug-likeness (QED) is 0.214. The van der Waals surface area contributed by atoms with E-state index in [0.717, 1.165) is 61.2 Å². The highest BCUT2D eigenvalue weighted by atomic mass is 35.5. The van der Waals surface area contributed by atoms with Crippen LogP contribution in [0.4, 0.5) is 4.39 Å². The molecule has 1 saturated carbocycles. The Morgan fingerprint density at radius 1 is 1.13 bits per heavy atom. The highest BCUT2D eigenvalue weighted by Crippen LogP contribution is 2.50. The summed E-state index contributed by atoms with van der Waals surface area (Å²) in [4.78, 5) is 21.5. The van der Waals surface area contributed by atoms with Crippen LogP contribution in [0, 0.1) is 22.6 Å². The number of aromatic nitrogens is 4. The third-order valence-electron chi connectivity index (χ3n) is 9.52. The first-order valence-electron chi connectivity index (χ1n) is 15.4. The number of likely N-dealkylation sites (tertiary alicyclic amines) is 1. The second-order valence-electron chi connectivity index (χ2n) is 12.7. The van der Waals surface area contributed by atoms with Gasteiger partial charge in [0.15, 0.2) is 17.3 Å². The first kappa shape index (κ1) is 28.8. The Hall–Kier alpha value is -4.66. The van der Waals surface area contributed by atoms with Crippen LogP contribution in [0.5, 0.6) is 11.5 Å². The molecule has 46 heavy (non-hydrogen) atoms. The largest absolute Gasteiger partial charge is 0.444 e. The number of benzene rings is 3. The minimum atomic E-state index is -1.29. The van der Waals surface area contributed by atoms with Gasteiger partial charge in [-0.05, 0) is 87.2 Å². The molecule has 10 nitrogen and oxygen atoms in total. The fraction of sp³-hybridized carbons (Fsp3) is 0.353. The van der Waals surface area contributed by atoms with Crippen molar-refractivity contribution in [2.24, 2.45) is 5.41 Å². The van der Waals surface area contributed by atoms with Crippen LogP contribution in [-0.4, -0.2) is 37.7 Å². The van der Waals surface area contributed by atoms with E-state index in [-0.39, 0.29) is 11.3 Å². The zero-order valence-corrected chi connectivity index (χ0v) is 25.8. The normalized spacial score (nSPS) is 20.7. The first-order chi connectivity index (χ1) is 22.2. The lowest BCUT2D eigenvalue weighted by Crippen LogP contribution is -2.34. The van der Waals surface area contributed by atoms with E-state index in [0.29, 0.717) is 46.6 Å². The Balaban J connectivity index is 1.02. The summed E-state index contributed by atoms with van der Waals surface area (Å²) in [6.07, 6.45) is 3.56. The van der Waals surface area contributed by atoms with Gasteiger partial charge in [-0.3, -0.25) is 14.4 Å². The van der Waals surface area contributed by atoms with Gasteiger partial charge in [0.2, 0.25) is 0 Å². The molecule has 12 heteroatoms. The van der Waals surface area contributed by atoms with Crippen LogP contribution < -0.4 is 15.2 Å². The zero-order valence-electron chi connectivity index (χ0n) is 25.1. The molecule has 234 valence electrons. The van der Waals surface area contributed by atoms with Gasteiger partial charge in [0.1, 0.15) is 11.6 Å². The molecule has 0 spiro atoms. The number of nitriles is 1. The average Bonchev–Trinajstić information content (AvgIpc) is 3.34. The zero-order chi connectivity index (χ0) is 31.6. The molecule has 0 bridgehead atoms. The number of H-pyrrole nitrogens is 1. The maximum absolute atomic E-state index is 14.9. The van der Waals surface area contributed by atoms with Crippen molar-refractivity contribution in [3.63, 3.8) is 0 Å². The van der Waals surface area contributed by atoms with Gasteiger partial charge in [-0.15, -0.1) is 0 Å². The Morgan fingerprint density at radius 2 is 1.96 bits per heavy atom. The average molecular weight is 641 g/mol. The van der Waals surface area contributed by atoms with Gasteiger partial charge < -0.3 is 14.0 Å². The van der Waals surface area contributed by atoms with Gasteiger partial charge >= 0.3 is 5.76 Å². The van der Waals surface area contributed by atoms with Gasteiger partial charge in [-0.2, -0.15) is 5.26 Å². The Labute approximate surface area is 268 Å². The molecule has 1 unspecified atom stereocenters. The van der Waals surface area contributed by atoms with E-state index in [2.05, 4.69) is 36.3 Å². The fourth-order valence-corrected chi connectivity index (χ4v) is 6.94. The maximum Gasteiger partial charge on any atom is 0.439 e. The van der Waals surface area contributed by atoms with Crippen molar-refractivity contribution >= 4 is 22.6 Å². The second kappa shape index (κ2) is 10.7. The van der Waals surface area contributed by atoms with Gasteiger partial charge in [0.25, 0.3) is 5.79 Å². The summed E-state index contributed by atoms with van der Waals surface area (Å²) >= 11 is 5.98. The standard InChI is InChI=1S/C34H30ClFN6O4/c1-33(24-7-6-22(35)16-25(24)36)44-28-4-2-3-23(30(28)45-33)20-9-13-41(14-10-20)17-29-38-26-15-21(31-39-32(43)46-40-31)5-8-27(26)42(29)19-34(18-37)11-12-34/h2-8,15-16,20H,9-14,17,19H2,1H3,(H,39,40,43). The minimum Gasteiger partial charge on any atom is -0.444 e. The maximum atomic E-state index is 14.9. The molecule has 1 atom stereocenters. The highest BCUT2D eigenvalue weighted by molar-refractivity contribution is 6.30. The van der Waals surface area contributed by atoms with E-state index in [1.807, 2.05) is 30.3 Å². The number of imidazole rings is 1. The van der Waals surface area contributed by atoms with Gasteiger partial charge in [0, 0.05) is 29.6 Å². The van der Waals surface area contributed by atoms with Gasteiger partial charge in [0.05, 0.1) is 34.6 Å². The molecule has 0 amide bonds. The van der Waals surface area contributed by atoms with Crippen LogP contribution in [0.25, 0.3) is 22.4 Å². The van der Waals surface area contributed by atoms with E-state index >= 15 is 0 Å². The summed E-state index contributed by atoms with van der Waals surface area (Å²) in [5, 5.41) is 14.0. The molecule has 8 rings (SSSR count). The number of halogens is 2. The lowest BCUT2D eigenvalue weighted by atomic mass is 9.88. The lowest BCUT2D eigenvalue weighted by molar-refractivity contribution is -0.0712. The molecular formula is C34H30ClFN6O4. The Morgan fingerprint density at radius 3 is 2.67 bits per heavy atom. The summed E-state index contributed by atoms with van der Waals surface area (Å²) < 4.78 is 34.3. The van der Waals surface area contributed by atoms with Crippen molar-refractivity contribution < 1.29 is 18.4 Å². The van der Waals surface area contributed by atoms with Crippen LogP contribution in [0.3, 0.4) is 0 Å². The molecule has 3 aliphatic rings. The Kier molecular flexibility index (Phi) is 6.70. The molecule has 3 aromatic carbocycles. The molecule has 1 aliphatic carbocycles. The molecular weight excluding hydrogens is 611 g/mol. The summed E-state index contributed by atoms with van der Waals surface area (Å²) in [6.45, 7) is 4.64. The number of hydrogen-bond donors (Lipinski definition) is 1. The van der Waals surface area contributed by atoms with E-state index in [1.165, 1.54) is 6.07 Å². The molecule has 5 aromatic rings. The third-order valence-corrected chi connectivity index (χ3v) is 9.75. The van der Waals surface area contributed by atoms with Crippen molar-refractivity contribution in [1.29, 1.82) is 5.26 Å². The van der Waals surface area contributed by atoms with Crippen LogP contribution >= 0.6 is 11.6 Å². The highest BCUT2D eigenvalue weighted by Gasteiger charge is 2.45. The summed E-state index contributed by atoms with van der Waals surface area (Å²) in [6, 6.07) is 18.7. The van der Waals surface area contributed by atoms with E-state index in [1.54, 1.807) is 19.1 Å². The van der Waals surface area contributed by atoms with E-state index in [4.69, 9.17) is 26.1 Å². The molecule has 0 radical (unpaired) electrons. The number of ether oxygens (including phenoxy) is 2. The van der Waals surface area contributed by atoms with Crippen LogP contribution in [0.15, 0.2) is 63.9 Å². The summed E-state index contributed by atoms with van der Waals surface area (Å²) in [5.74, 6) is 0.374. The molecule has 2 aliphatic heterocycles. The smallest absolute Gasteiger partial charge is 0.439 e. The van der Waals surface area contributed by atoms with Gasteiger partial charge in [-0.1, -0.05) is 28.9 Å². The number of nitrogens with one attached hydrogen (secondary N) is 1. The molecule has 4 heterocycles. The van der Waals surface area contributed by atoms with Crippen molar-refractivity contribution in [1.82, 2.24) is 24.6 Å². The molecule has 2 aromatic heterocycles. The number of rotatable bonds is 7. The number of fused-ring (bicyclic) bond motifs is 2. The van der Waals surface area contributed by atoms with Crippen molar-refractivity contribution in [2.45, 2.75) is 57.4 Å². The molecule has 1 N–H and O–H groups in total. The molecule has 2 fully saturated rings. The number of piperidine rings is 1. The lowest BCUT2D eigenvalue weighted by Gasteiger charge is -2.32. The monoisotopic (exact) mass is 640 g/mol. The SMILES string of the molecule is CC1(c2ccc(Cl)cc2F)Oc2cccc(C3CCN(Cc4nc5cc(-c6noc(=O)[nH]6)ccc5n4CC4(C#N)CC4)CC3)c2O1.